The minimum Gasteiger partial charge on any atom is -0.355 e. The van der Waals surface area contributed by atoms with E-state index < -0.39 is 27.8 Å². The number of benzene rings is 3. The zero-order valence-electron chi connectivity index (χ0n) is 23.3. The van der Waals surface area contributed by atoms with Gasteiger partial charge in [0.05, 0.1) is 17.5 Å². The van der Waals surface area contributed by atoms with Gasteiger partial charge >= 0.3 is 6.18 Å². The lowest BCUT2D eigenvalue weighted by Gasteiger charge is -2.32. The average Bonchev–Trinajstić information content (AvgIpc) is 2.92. The quantitative estimate of drug-likeness (QED) is 0.250. The second kappa shape index (κ2) is 14.7. The second-order valence-corrected chi connectivity index (χ2v) is 12.6. The highest BCUT2D eigenvalue weighted by atomic mass is 79.9. The summed E-state index contributed by atoms with van der Waals surface area (Å²) in [6.45, 7) is 2.05. The van der Waals surface area contributed by atoms with Gasteiger partial charge in [-0.05, 0) is 54.8 Å². The molecule has 1 unspecified atom stereocenters. The van der Waals surface area contributed by atoms with E-state index >= 15 is 0 Å². The molecule has 1 N–H and O–H groups in total. The van der Waals surface area contributed by atoms with Crippen molar-refractivity contribution in [2.24, 2.45) is 0 Å². The van der Waals surface area contributed by atoms with E-state index in [2.05, 4.69) is 21.2 Å². The molecule has 3 aromatic carbocycles. The van der Waals surface area contributed by atoms with Crippen molar-refractivity contribution in [3.63, 3.8) is 0 Å². The van der Waals surface area contributed by atoms with Crippen molar-refractivity contribution < 1.29 is 31.2 Å². The molecule has 0 saturated heterocycles. The van der Waals surface area contributed by atoms with E-state index in [4.69, 9.17) is 0 Å². The molecule has 0 fully saturated rings. The summed E-state index contributed by atoms with van der Waals surface area (Å²) in [5.74, 6) is -0.717. The van der Waals surface area contributed by atoms with E-state index in [9.17, 15) is 31.2 Å². The van der Waals surface area contributed by atoms with Gasteiger partial charge in [-0.3, -0.25) is 13.9 Å². The molecule has 0 spiro atoms. The minimum absolute atomic E-state index is 0.0184. The van der Waals surface area contributed by atoms with Crippen LogP contribution in [0.5, 0.6) is 0 Å². The Bertz CT molecular complexity index is 1470. The lowest BCUT2D eigenvalue weighted by molar-refractivity contribution is -0.141. The van der Waals surface area contributed by atoms with E-state index in [1.165, 1.54) is 11.0 Å². The first-order chi connectivity index (χ1) is 19.8. The fraction of sp³-hybridized carbons (Fsp3) is 0.333. The van der Waals surface area contributed by atoms with Gasteiger partial charge in [-0.2, -0.15) is 13.2 Å². The predicted octanol–water partition coefficient (Wildman–Crippen LogP) is 5.79. The summed E-state index contributed by atoms with van der Waals surface area (Å²) >= 11 is 3.43. The molecule has 2 amide bonds. The number of hydrogen-bond acceptors (Lipinski definition) is 4. The summed E-state index contributed by atoms with van der Waals surface area (Å²) in [7, 11) is -3.96. The van der Waals surface area contributed by atoms with Gasteiger partial charge in [-0.25, -0.2) is 8.42 Å². The first-order valence-corrected chi connectivity index (χ1v) is 15.9. The number of sulfonamides is 1. The van der Waals surface area contributed by atoms with Gasteiger partial charge in [0, 0.05) is 36.9 Å². The Balaban J connectivity index is 1.88. The van der Waals surface area contributed by atoms with Crippen LogP contribution in [0.2, 0.25) is 0 Å². The van der Waals surface area contributed by atoms with E-state index in [0.29, 0.717) is 6.54 Å². The van der Waals surface area contributed by atoms with Crippen molar-refractivity contribution in [1.82, 2.24) is 10.2 Å². The van der Waals surface area contributed by atoms with Gasteiger partial charge in [-0.1, -0.05) is 64.5 Å². The maximum atomic E-state index is 13.7. The van der Waals surface area contributed by atoms with Gasteiger partial charge in [0.25, 0.3) is 0 Å². The van der Waals surface area contributed by atoms with Crippen LogP contribution in [0.4, 0.5) is 18.9 Å². The highest BCUT2D eigenvalue weighted by Crippen LogP contribution is 2.32. The zero-order chi connectivity index (χ0) is 30.9. The summed E-state index contributed by atoms with van der Waals surface area (Å²) in [5.41, 5.74) is 0.515. The van der Waals surface area contributed by atoms with E-state index in [-0.39, 0.29) is 49.9 Å². The molecule has 1 atom stereocenters. The van der Waals surface area contributed by atoms with E-state index in [1.807, 2.05) is 54.6 Å². The number of nitrogens with one attached hydrogen (secondary N) is 1. The van der Waals surface area contributed by atoms with Crippen LogP contribution in [-0.4, -0.2) is 50.5 Å². The summed E-state index contributed by atoms with van der Waals surface area (Å²) < 4.78 is 66.6. The number of carbonyl (C=O) groups excluding carboxylic acids is 2. The van der Waals surface area contributed by atoms with Crippen LogP contribution in [0.1, 0.15) is 36.5 Å². The third-order valence-electron chi connectivity index (χ3n) is 6.48. The van der Waals surface area contributed by atoms with Gasteiger partial charge in [0.15, 0.2) is 0 Å². The fourth-order valence-corrected chi connectivity index (χ4v) is 5.92. The monoisotopic (exact) mass is 667 g/mol. The van der Waals surface area contributed by atoms with Crippen molar-refractivity contribution in [2.75, 3.05) is 23.7 Å². The maximum Gasteiger partial charge on any atom is 0.416 e. The average molecular weight is 669 g/mol. The number of hydrogen-bond donors (Lipinski definition) is 1. The fourth-order valence-electron chi connectivity index (χ4n) is 4.52. The van der Waals surface area contributed by atoms with Crippen molar-refractivity contribution in [3.8, 4) is 0 Å². The number of amides is 2. The molecule has 0 heterocycles. The van der Waals surface area contributed by atoms with Crippen LogP contribution in [0.15, 0.2) is 83.3 Å². The number of anilines is 1. The number of rotatable bonds is 13. The minimum atomic E-state index is -4.64. The Labute approximate surface area is 252 Å². The van der Waals surface area contributed by atoms with Crippen LogP contribution >= 0.6 is 15.9 Å². The Hall–Kier alpha value is -3.38. The molecular weight excluding hydrogens is 635 g/mol. The van der Waals surface area contributed by atoms with Crippen molar-refractivity contribution in [1.29, 1.82) is 0 Å². The van der Waals surface area contributed by atoms with Crippen LogP contribution in [0.25, 0.3) is 0 Å². The molecule has 0 radical (unpaired) electrons. The molecule has 0 saturated carbocycles. The van der Waals surface area contributed by atoms with Gasteiger partial charge in [-0.15, -0.1) is 0 Å². The zero-order valence-corrected chi connectivity index (χ0v) is 25.7. The molecule has 0 aliphatic heterocycles. The van der Waals surface area contributed by atoms with E-state index in [0.717, 1.165) is 44.4 Å². The number of halogens is 4. The number of alkyl halides is 3. The van der Waals surface area contributed by atoms with Crippen molar-refractivity contribution in [3.05, 3.63) is 100 Å². The van der Waals surface area contributed by atoms with Crippen LogP contribution in [0, 0.1) is 0 Å². The summed E-state index contributed by atoms with van der Waals surface area (Å²) in [5, 5.41) is 2.81. The lowest BCUT2D eigenvalue weighted by atomic mass is 10.0. The number of nitrogens with zero attached hydrogens (tertiary/aromatic N) is 2. The Morgan fingerprint density at radius 3 is 2.24 bits per heavy atom. The standard InChI is InChI=1S/C30H33BrF3N3O4S/c1-3-35-29(39)27(19-22-10-5-4-6-11-22)36(21-23-12-7-14-25(31)18-23)28(38)16-9-17-37(42(2,40)41)26-15-8-13-24(20-26)30(32,33)34/h4-8,10-15,18,20,27H,3,9,16-17,19,21H2,1-2H3,(H,35,39). The molecule has 0 aliphatic carbocycles. The first kappa shape index (κ1) is 33.1. The molecular formula is C30H33BrF3N3O4S. The van der Waals surface area contributed by atoms with Gasteiger partial charge < -0.3 is 10.2 Å². The Morgan fingerprint density at radius 1 is 0.952 bits per heavy atom. The summed E-state index contributed by atoms with van der Waals surface area (Å²) in [6, 6.07) is 19.8. The number of carbonyl (C=O) groups is 2. The SMILES string of the molecule is CCNC(=O)C(Cc1ccccc1)N(Cc1cccc(Br)c1)C(=O)CCCN(c1cccc(C(F)(F)F)c1)S(C)(=O)=O. The third-order valence-corrected chi connectivity index (χ3v) is 8.16. The molecule has 42 heavy (non-hydrogen) atoms. The van der Waals surface area contributed by atoms with Crippen molar-refractivity contribution in [2.45, 2.75) is 44.9 Å². The molecule has 226 valence electrons. The van der Waals surface area contributed by atoms with Crippen molar-refractivity contribution >= 4 is 43.5 Å². The van der Waals surface area contributed by atoms with Crippen LogP contribution in [0.3, 0.4) is 0 Å². The lowest BCUT2D eigenvalue weighted by Crippen LogP contribution is -2.50. The highest BCUT2D eigenvalue weighted by molar-refractivity contribution is 9.10. The number of likely N-dealkylation sites (N-methyl/N-ethyl adjacent to an activating group) is 1. The topological polar surface area (TPSA) is 86.8 Å². The van der Waals surface area contributed by atoms with Crippen LogP contribution < -0.4 is 9.62 Å². The molecule has 3 aromatic rings. The normalized spacial score (nSPS) is 12.4. The van der Waals surface area contributed by atoms with Gasteiger partial charge in [0.2, 0.25) is 21.8 Å². The molecule has 3 rings (SSSR count). The molecule has 0 bridgehead atoms. The first-order valence-electron chi connectivity index (χ1n) is 13.3. The third kappa shape index (κ3) is 9.59. The molecule has 0 aromatic heterocycles. The molecule has 12 heteroatoms. The van der Waals surface area contributed by atoms with E-state index in [1.54, 1.807) is 6.92 Å². The Morgan fingerprint density at radius 2 is 1.62 bits per heavy atom. The second-order valence-electron chi connectivity index (χ2n) is 9.74. The largest absolute Gasteiger partial charge is 0.416 e. The molecule has 7 nitrogen and oxygen atoms in total. The summed E-state index contributed by atoms with van der Waals surface area (Å²) in [6.07, 6.45) is -3.60. The van der Waals surface area contributed by atoms with Crippen LogP contribution in [-0.2, 0) is 38.8 Å². The maximum absolute atomic E-state index is 13.7. The molecule has 0 aliphatic rings. The smallest absolute Gasteiger partial charge is 0.355 e. The predicted molar refractivity (Wildman–Crippen MR) is 160 cm³/mol. The highest BCUT2D eigenvalue weighted by Gasteiger charge is 2.32. The Kier molecular flexibility index (Phi) is 11.6. The van der Waals surface area contributed by atoms with Gasteiger partial charge in [0.1, 0.15) is 6.04 Å². The summed E-state index contributed by atoms with van der Waals surface area (Å²) in [4.78, 5) is 28.5.